The molecule has 0 aliphatic rings. The van der Waals surface area contributed by atoms with Gasteiger partial charge in [-0.1, -0.05) is 29.3 Å². The second-order valence-corrected chi connectivity index (χ2v) is 6.04. The first-order valence-corrected chi connectivity index (χ1v) is 7.59. The molecule has 0 bridgehead atoms. The first kappa shape index (κ1) is 17.1. The third-order valence-electron chi connectivity index (χ3n) is 3.34. The fraction of sp³-hybridized carbons (Fsp3) is 0.533. The summed E-state index contributed by atoms with van der Waals surface area (Å²) >= 11 is 3.40. The van der Waals surface area contributed by atoms with E-state index in [1.165, 1.54) is 12.1 Å². The zero-order chi connectivity index (χ0) is 15.1. The third kappa shape index (κ3) is 6.01. The Labute approximate surface area is 127 Å². The summed E-state index contributed by atoms with van der Waals surface area (Å²) < 4.78 is 14.0. The van der Waals surface area contributed by atoms with Crippen LogP contribution >= 0.6 is 15.9 Å². The molecule has 1 rings (SSSR count). The number of hydrogen-bond acceptors (Lipinski definition) is 2. The summed E-state index contributed by atoms with van der Waals surface area (Å²) in [7, 11) is 0. The highest BCUT2D eigenvalue weighted by molar-refractivity contribution is 9.10. The molecule has 0 aliphatic heterocycles. The van der Waals surface area contributed by atoms with Gasteiger partial charge in [-0.3, -0.25) is 4.79 Å². The Morgan fingerprint density at radius 3 is 2.75 bits per heavy atom. The molecule has 5 heteroatoms. The lowest BCUT2D eigenvalue weighted by Crippen LogP contribution is -2.26. The van der Waals surface area contributed by atoms with Crippen molar-refractivity contribution in [3.63, 3.8) is 0 Å². The molecule has 2 N–H and O–H groups in total. The molecule has 112 valence electrons. The quantitative estimate of drug-likeness (QED) is 0.749. The molecule has 2 unspecified atom stereocenters. The second kappa shape index (κ2) is 8.37. The molecule has 1 aromatic carbocycles. The minimum Gasteiger partial charge on any atom is -0.481 e. The monoisotopic (exact) mass is 345 g/mol. The van der Waals surface area contributed by atoms with Crippen molar-refractivity contribution in [2.24, 2.45) is 5.92 Å². The Balaban J connectivity index is 2.31. The molecule has 1 aromatic rings. The number of nitrogens with one attached hydrogen (secondary N) is 1. The van der Waals surface area contributed by atoms with Crippen molar-refractivity contribution >= 4 is 21.9 Å². The van der Waals surface area contributed by atoms with Gasteiger partial charge in [0.2, 0.25) is 0 Å². The topological polar surface area (TPSA) is 49.3 Å². The van der Waals surface area contributed by atoms with E-state index in [4.69, 9.17) is 5.11 Å². The summed E-state index contributed by atoms with van der Waals surface area (Å²) in [5, 5.41) is 12.1. The number of rotatable bonds is 8. The van der Waals surface area contributed by atoms with Crippen LogP contribution in [0.5, 0.6) is 0 Å². The van der Waals surface area contributed by atoms with Crippen molar-refractivity contribution in [2.45, 2.75) is 45.7 Å². The summed E-state index contributed by atoms with van der Waals surface area (Å²) in [6, 6.07) is 4.90. The van der Waals surface area contributed by atoms with Gasteiger partial charge in [-0.15, -0.1) is 0 Å². The van der Waals surface area contributed by atoms with Gasteiger partial charge in [0.25, 0.3) is 0 Å². The highest BCUT2D eigenvalue weighted by atomic mass is 79.9. The lowest BCUT2D eigenvalue weighted by Gasteiger charge is -2.15. The molecule has 0 heterocycles. The Bertz CT molecular complexity index is 453. The van der Waals surface area contributed by atoms with Crippen LogP contribution in [-0.4, -0.2) is 17.1 Å². The number of halogens is 2. The average molecular weight is 346 g/mol. The number of aliphatic carboxylic acids is 1. The van der Waals surface area contributed by atoms with Crippen molar-refractivity contribution in [1.29, 1.82) is 0 Å². The molecule has 0 saturated heterocycles. The Hall–Kier alpha value is -0.940. The molecular weight excluding hydrogens is 325 g/mol. The van der Waals surface area contributed by atoms with E-state index in [1.54, 1.807) is 13.0 Å². The molecule has 0 aromatic heterocycles. The number of benzene rings is 1. The van der Waals surface area contributed by atoms with Crippen LogP contribution in [0.25, 0.3) is 0 Å². The zero-order valence-corrected chi connectivity index (χ0v) is 13.4. The second-order valence-electron chi connectivity index (χ2n) is 5.19. The number of carboxylic acids is 1. The standard InChI is InChI=1S/C15H21BrFNO2/c1-10(15(19)20)4-3-5-11(2)18-9-12-8-13(17)6-7-14(12)16/h6-8,10-11,18H,3-5,9H2,1-2H3,(H,19,20). The van der Waals surface area contributed by atoms with Gasteiger partial charge in [0.15, 0.2) is 0 Å². The molecule has 0 radical (unpaired) electrons. The van der Waals surface area contributed by atoms with E-state index in [0.29, 0.717) is 13.0 Å². The van der Waals surface area contributed by atoms with E-state index in [9.17, 15) is 9.18 Å². The van der Waals surface area contributed by atoms with Crippen molar-refractivity contribution in [2.75, 3.05) is 0 Å². The molecule has 0 fully saturated rings. The van der Waals surface area contributed by atoms with Crippen LogP contribution < -0.4 is 5.32 Å². The summed E-state index contributed by atoms with van der Waals surface area (Å²) in [4.78, 5) is 10.7. The van der Waals surface area contributed by atoms with Gasteiger partial charge in [0, 0.05) is 17.1 Å². The van der Waals surface area contributed by atoms with Gasteiger partial charge < -0.3 is 10.4 Å². The molecular formula is C15H21BrFNO2. The van der Waals surface area contributed by atoms with E-state index < -0.39 is 5.97 Å². The van der Waals surface area contributed by atoms with Gasteiger partial charge in [0.1, 0.15) is 5.82 Å². The molecule has 0 amide bonds. The lowest BCUT2D eigenvalue weighted by molar-refractivity contribution is -0.141. The van der Waals surface area contributed by atoms with Gasteiger partial charge >= 0.3 is 5.97 Å². The average Bonchev–Trinajstić information content (AvgIpc) is 2.39. The van der Waals surface area contributed by atoms with Crippen LogP contribution in [0.15, 0.2) is 22.7 Å². The van der Waals surface area contributed by atoms with Crippen molar-refractivity contribution < 1.29 is 14.3 Å². The normalized spacial score (nSPS) is 14.0. The Morgan fingerprint density at radius 2 is 2.10 bits per heavy atom. The van der Waals surface area contributed by atoms with E-state index in [2.05, 4.69) is 28.2 Å². The van der Waals surface area contributed by atoms with Crippen molar-refractivity contribution in [3.8, 4) is 0 Å². The Kier molecular flexibility index (Phi) is 7.16. The molecule has 0 saturated carbocycles. The minimum absolute atomic E-state index is 0.243. The van der Waals surface area contributed by atoms with Crippen LogP contribution in [0.3, 0.4) is 0 Å². The van der Waals surface area contributed by atoms with Crippen LogP contribution in [-0.2, 0) is 11.3 Å². The van der Waals surface area contributed by atoms with Gasteiger partial charge in [-0.2, -0.15) is 0 Å². The molecule has 20 heavy (non-hydrogen) atoms. The zero-order valence-electron chi connectivity index (χ0n) is 11.8. The summed E-state index contributed by atoms with van der Waals surface area (Å²) in [6.45, 7) is 4.37. The van der Waals surface area contributed by atoms with E-state index in [0.717, 1.165) is 22.9 Å². The SMILES string of the molecule is CC(CCCC(C)C(=O)O)NCc1cc(F)ccc1Br. The van der Waals surface area contributed by atoms with E-state index in [-0.39, 0.29) is 17.8 Å². The van der Waals surface area contributed by atoms with Gasteiger partial charge in [0.05, 0.1) is 5.92 Å². The highest BCUT2D eigenvalue weighted by Gasteiger charge is 2.11. The molecule has 3 nitrogen and oxygen atoms in total. The molecule has 0 spiro atoms. The fourth-order valence-electron chi connectivity index (χ4n) is 1.92. The summed E-state index contributed by atoms with van der Waals surface area (Å²) in [5.74, 6) is -1.28. The maximum absolute atomic E-state index is 13.1. The minimum atomic E-state index is -0.741. The smallest absolute Gasteiger partial charge is 0.306 e. The first-order valence-electron chi connectivity index (χ1n) is 6.80. The van der Waals surface area contributed by atoms with Crippen molar-refractivity contribution in [1.82, 2.24) is 5.32 Å². The first-order chi connectivity index (χ1) is 9.40. The van der Waals surface area contributed by atoms with Gasteiger partial charge in [-0.25, -0.2) is 4.39 Å². The van der Waals surface area contributed by atoms with E-state index in [1.807, 2.05) is 0 Å². The summed E-state index contributed by atoms with van der Waals surface area (Å²) in [6.07, 6.45) is 2.46. The predicted octanol–water partition coefficient (Wildman–Crippen LogP) is 3.96. The largest absolute Gasteiger partial charge is 0.481 e. The lowest BCUT2D eigenvalue weighted by atomic mass is 10.0. The van der Waals surface area contributed by atoms with Crippen molar-refractivity contribution in [3.05, 3.63) is 34.1 Å². The van der Waals surface area contributed by atoms with Gasteiger partial charge in [-0.05, 0) is 43.5 Å². The van der Waals surface area contributed by atoms with Crippen LogP contribution in [0, 0.1) is 11.7 Å². The molecule has 2 atom stereocenters. The van der Waals surface area contributed by atoms with Crippen LogP contribution in [0.2, 0.25) is 0 Å². The maximum Gasteiger partial charge on any atom is 0.306 e. The maximum atomic E-state index is 13.1. The summed E-state index contributed by atoms with van der Waals surface area (Å²) in [5.41, 5.74) is 0.885. The highest BCUT2D eigenvalue weighted by Crippen LogP contribution is 2.18. The fourth-order valence-corrected chi connectivity index (χ4v) is 2.31. The van der Waals surface area contributed by atoms with E-state index >= 15 is 0 Å². The van der Waals surface area contributed by atoms with Crippen LogP contribution in [0.1, 0.15) is 38.7 Å². The number of carbonyl (C=O) groups is 1. The predicted molar refractivity (Wildman–Crippen MR) is 81.1 cm³/mol. The third-order valence-corrected chi connectivity index (χ3v) is 4.12. The van der Waals surface area contributed by atoms with Crippen LogP contribution in [0.4, 0.5) is 4.39 Å². The number of hydrogen-bond donors (Lipinski definition) is 2. The number of carboxylic acid groups (broad SMARTS) is 1. The molecule has 0 aliphatic carbocycles. The Morgan fingerprint density at radius 1 is 1.40 bits per heavy atom.